The summed E-state index contributed by atoms with van der Waals surface area (Å²) in [6.07, 6.45) is 1.02. The number of rotatable bonds is 2. The number of isocyanates is 1. The molecule has 1 rings (SSSR count). The summed E-state index contributed by atoms with van der Waals surface area (Å²) in [5.74, 6) is -0.907. The van der Waals surface area contributed by atoms with E-state index in [1.165, 1.54) is 5.41 Å². The average molecular weight is 247 g/mol. The summed E-state index contributed by atoms with van der Waals surface area (Å²) in [6, 6.07) is 0. The Bertz CT molecular complexity index is 489. The summed E-state index contributed by atoms with van der Waals surface area (Å²) in [7, 11) is -2.49. The molecule has 1 heterocycles. The minimum atomic E-state index is -2.49. The van der Waals surface area contributed by atoms with E-state index in [0.717, 1.165) is 17.8 Å². The molecule has 0 aromatic carbocycles. The molecule has 0 amide bonds. The highest BCUT2D eigenvalue weighted by atomic mass is 32.2. The third kappa shape index (κ3) is 2.56. The lowest BCUT2D eigenvalue weighted by Gasteiger charge is -2.03. The van der Waals surface area contributed by atoms with Crippen molar-refractivity contribution in [2.45, 2.75) is 12.2 Å². The normalized spacial score (nSPS) is 19.1. The molecule has 1 aliphatic rings. The van der Waals surface area contributed by atoms with Gasteiger partial charge in [0.2, 0.25) is 10.3 Å². The monoisotopic (exact) mass is 247 g/mol. The lowest BCUT2D eigenvalue weighted by atomic mass is 10.2. The van der Waals surface area contributed by atoms with Crippen LogP contribution in [0.25, 0.3) is 0 Å². The van der Waals surface area contributed by atoms with Gasteiger partial charge in [-0.2, -0.15) is 8.42 Å². The first-order chi connectivity index (χ1) is 7.07. The molecule has 15 heavy (non-hydrogen) atoms. The second-order valence-corrected chi connectivity index (χ2v) is 4.40. The van der Waals surface area contributed by atoms with Gasteiger partial charge in [0.15, 0.2) is 0 Å². The summed E-state index contributed by atoms with van der Waals surface area (Å²) in [5, 5.41) is 3.17. The van der Waals surface area contributed by atoms with E-state index in [1.54, 1.807) is 6.92 Å². The fourth-order valence-corrected chi connectivity index (χ4v) is 2.99. The van der Waals surface area contributed by atoms with Crippen LogP contribution in [0.2, 0.25) is 0 Å². The van der Waals surface area contributed by atoms with Crippen LogP contribution >= 0.6 is 11.8 Å². The molecule has 0 fully saturated rings. The van der Waals surface area contributed by atoms with E-state index in [1.807, 2.05) is 0 Å². The topological polar surface area (TPSA) is 89.9 Å². The first-order valence-electron chi connectivity index (χ1n) is 3.64. The van der Waals surface area contributed by atoms with Gasteiger partial charge in [0.1, 0.15) is 10.1 Å². The molecule has 0 aliphatic carbocycles. The molecule has 1 atom stereocenters. The zero-order valence-electron chi connectivity index (χ0n) is 7.46. The molecule has 0 N–H and O–H groups in total. The van der Waals surface area contributed by atoms with Crippen molar-refractivity contribution in [1.29, 1.82) is 0 Å². The fourth-order valence-electron chi connectivity index (χ4n) is 0.990. The van der Waals surface area contributed by atoms with Crippen LogP contribution in [0.5, 0.6) is 0 Å². The van der Waals surface area contributed by atoms with Crippen LogP contribution in [-0.4, -0.2) is 30.6 Å². The summed E-state index contributed by atoms with van der Waals surface area (Å²) in [5.41, 5.74) is 0.477. The smallest absolute Gasteiger partial charge is 0.305 e. The van der Waals surface area contributed by atoms with E-state index in [4.69, 9.17) is 0 Å². The summed E-state index contributed by atoms with van der Waals surface area (Å²) in [4.78, 5) is 25.0. The molecule has 0 saturated heterocycles. The molecule has 0 aromatic rings. The lowest BCUT2D eigenvalue weighted by Crippen LogP contribution is -2.25. The van der Waals surface area contributed by atoms with Crippen molar-refractivity contribution >= 4 is 39.0 Å². The maximum atomic E-state index is 11.2. The number of carbonyl (C=O) groups is 1. The zero-order chi connectivity index (χ0) is 11.4. The van der Waals surface area contributed by atoms with Crippen molar-refractivity contribution in [1.82, 2.24) is 0 Å². The van der Waals surface area contributed by atoms with Crippen molar-refractivity contribution in [3.05, 3.63) is 11.0 Å². The molecule has 1 aliphatic heterocycles. The van der Waals surface area contributed by atoms with Crippen LogP contribution in [0.3, 0.4) is 0 Å². The molecule has 0 radical (unpaired) electrons. The van der Waals surface area contributed by atoms with Crippen LogP contribution in [0.1, 0.15) is 6.92 Å². The van der Waals surface area contributed by atoms with Gasteiger partial charge in [-0.1, -0.05) is 0 Å². The summed E-state index contributed by atoms with van der Waals surface area (Å²) >= 11 is 0.989. The summed E-state index contributed by atoms with van der Waals surface area (Å²) < 4.78 is 21.6. The fraction of sp³-hybridized carbons (Fsp3) is 0.286. The van der Waals surface area contributed by atoms with Crippen molar-refractivity contribution in [2.75, 3.05) is 0 Å². The van der Waals surface area contributed by atoms with Crippen LogP contribution in [0, 0.1) is 0 Å². The van der Waals surface area contributed by atoms with Gasteiger partial charge in [-0.3, -0.25) is 0 Å². The number of carbonyl (C=O) groups excluding carboxylic acids is 2. The average Bonchev–Trinajstić information content (AvgIpc) is 2.56. The molecule has 0 saturated carbocycles. The van der Waals surface area contributed by atoms with E-state index >= 15 is 0 Å². The Morgan fingerprint density at radius 1 is 1.67 bits per heavy atom. The molecule has 0 aromatic heterocycles. The highest BCUT2D eigenvalue weighted by molar-refractivity contribution is 8.05. The van der Waals surface area contributed by atoms with Crippen LogP contribution in [0.15, 0.2) is 16.1 Å². The highest BCUT2D eigenvalue weighted by Crippen LogP contribution is 2.28. The number of nitrogens with zero attached hydrogens (tertiary/aromatic N) is 1. The minimum absolute atomic E-state index is 0.0499. The van der Waals surface area contributed by atoms with Gasteiger partial charge < -0.3 is 4.84 Å². The maximum Gasteiger partial charge on any atom is 0.354 e. The predicted octanol–water partition coefficient (Wildman–Crippen LogP) is -0.149. The molecule has 6 nitrogen and oxygen atoms in total. The predicted molar refractivity (Wildman–Crippen MR) is 53.3 cm³/mol. The SMILES string of the molecule is CC1=CSC(C(=O)ON=C=O)C1=S(=O)=O. The number of hydrogen-bond acceptors (Lipinski definition) is 7. The van der Waals surface area contributed by atoms with E-state index < -0.39 is 21.5 Å². The Hall–Kier alpha value is -1.37. The van der Waals surface area contributed by atoms with E-state index in [-0.39, 0.29) is 4.86 Å². The van der Waals surface area contributed by atoms with Gasteiger partial charge in [0.25, 0.3) is 6.08 Å². The highest BCUT2D eigenvalue weighted by Gasteiger charge is 2.33. The Morgan fingerprint density at radius 3 is 2.87 bits per heavy atom. The third-order valence-electron chi connectivity index (χ3n) is 1.57. The zero-order valence-corrected chi connectivity index (χ0v) is 9.09. The minimum Gasteiger partial charge on any atom is -0.305 e. The number of allylic oxidation sites excluding steroid dienone is 1. The molecular weight excluding hydrogens is 242 g/mol. The first kappa shape index (κ1) is 11.7. The van der Waals surface area contributed by atoms with Gasteiger partial charge >= 0.3 is 5.97 Å². The molecule has 80 valence electrons. The van der Waals surface area contributed by atoms with Crippen LogP contribution in [-0.2, 0) is 24.7 Å². The van der Waals surface area contributed by atoms with Crippen molar-refractivity contribution in [3.8, 4) is 0 Å². The third-order valence-corrected chi connectivity index (χ3v) is 3.83. The Morgan fingerprint density at radius 2 is 2.33 bits per heavy atom. The van der Waals surface area contributed by atoms with Crippen LogP contribution in [0.4, 0.5) is 0 Å². The molecule has 0 spiro atoms. The Kier molecular flexibility index (Phi) is 3.84. The molecular formula is C7H5NO5S2. The standard InChI is InChI=1S/C7H5NO5S2/c1-4-2-14-5(6(4)15(11)12)7(10)13-8-3-9/h2,5H,1H3. The molecule has 0 bridgehead atoms. The maximum absolute atomic E-state index is 11.2. The number of thioether (sulfide) groups is 1. The van der Waals surface area contributed by atoms with E-state index in [0.29, 0.717) is 5.57 Å². The van der Waals surface area contributed by atoms with E-state index in [2.05, 4.69) is 9.99 Å². The largest absolute Gasteiger partial charge is 0.354 e. The van der Waals surface area contributed by atoms with Gasteiger partial charge in [0, 0.05) is 5.16 Å². The molecule has 8 heteroatoms. The van der Waals surface area contributed by atoms with Gasteiger partial charge in [-0.05, 0) is 17.9 Å². The molecule has 1 unspecified atom stereocenters. The Balaban J connectivity index is 2.97. The second kappa shape index (κ2) is 4.92. The number of hydrogen-bond donors (Lipinski definition) is 0. The quantitative estimate of drug-likeness (QED) is 0.222. The van der Waals surface area contributed by atoms with Crippen LogP contribution < -0.4 is 0 Å². The van der Waals surface area contributed by atoms with Gasteiger partial charge in [0.05, 0.1) is 0 Å². The Labute approximate surface area is 90.5 Å². The second-order valence-electron chi connectivity index (χ2n) is 2.51. The summed E-state index contributed by atoms with van der Waals surface area (Å²) in [6.45, 7) is 1.56. The first-order valence-corrected chi connectivity index (χ1v) is 5.66. The lowest BCUT2D eigenvalue weighted by molar-refractivity contribution is -0.141. The van der Waals surface area contributed by atoms with Gasteiger partial charge in [-0.15, -0.1) is 11.8 Å². The van der Waals surface area contributed by atoms with Crippen molar-refractivity contribution < 1.29 is 22.8 Å². The van der Waals surface area contributed by atoms with Crippen molar-refractivity contribution in [2.24, 2.45) is 5.16 Å². The van der Waals surface area contributed by atoms with Gasteiger partial charge in [-0.25, -0.2) is 9.59 Å². The van der Waals surface area contributed by atoms with Crippen molar-refractivity contribution in [3.63, 3.8) is 0 Å². The van der Waals surface area contributed by atoms with E-state index in [9.17, 15) is 18.0 Å².